The van der Waals surface area contributed by atoms with Crippen LogP contribution in [0.4, 0.5) is 10.5 Å². The number of anilines is 1. The van der Waals surface area contributed by atoms with Gasteiger partial charge in [0.1, 0.15) is 11.6 Å². The molecule has 2 N–H and O–H groups in total. The summed E-state index contributed by atoms with van der Waals surface area (Å²) in [7, 11) is -3.92. The maximum absolute atomic E-state index is 15.0. The fraction of sp³-hybridized carbons (Fsp3) is 0.350. The molecule has 4 aromatic rings. The molecule has 1 unspecified atom stereocenters. The maximum Gasteiger partial charge on any atom is 0.408 e. The number of fused-ring (bicyclic) bond motifs is 1. The number of pyridine rings is 1. The molecule has 2 atom stereocenters. The van der Waals surface area contributed by atoms with Gasteiger partial charge in [-0.25, -0.2) is 22.7 Å². The molecule has 1 aromatic heterocycles. The number of alkyl carbamates (subject to hydrolysis) is 1. The first-order valence-electron chi connectivity index (χ1n) is 17.1. The number of rotatable bonds is 10. The molecule has 0 fully saturated rings. The predicted molar refractivity (Wildman–Crippen MR) is 199 cm³/mol. The molecule has 0 saturated heterocycles. The minimum absolute atomic E-state index is 0.0239. The second-order valence-electron chi connectivity index (χ2n) is 15.2. The van der Waals surface area contributed by atoms with Crippen LogP contribution >= 0.6 is 0 Å². The van der Waals surface area contributed by atoms with E-state index in [0.717, 1.165) is 16.7 Å². The molecule has 1 aliphatic rings. The van der Waals surface area contributed by atoms with Crippen molar-refractivity contribution in [3.05, 3.63) is 114 Å². The van der Waals surface area contributed by atoms with Crippen LogP contribution in [0.3, 0.4) is 0 Å². The van der Waals surface area contributed by atoms with Gasteiger partial charge in [-0.3, -0.25) is 9.78 Å². The van der Waals surface area contributed by atoms with Crippen LogP contribution in [0.1, 0.15) is 72.1 Å². The molecule has 274 valence electrons. The Labute approximate surface area is 305 Å². The van der Waals surface area contributed by atoms with Gasteiger partial charge in [-0.1, -0.05) is 68.4 Å². The van der Waals surface area contributed by atoms with Crippen molar-refractivity contribution in [2.45, 2.75) is 89.6 Å². The Morgan fingerprint density at radius 2 is 1.44 bits per heavy atom. The number of esters is 1. The van der Waals surface area contributed by atoms with Gasteiger partial charge >= 0.3 is 12.1 Å². The molecule has 52 heavy (non-hydrogen) atoms. The SMILES string of the molecule is CC(C)[C@H](NC(=O)OC(C)(C)C)C(=O)OC1(c2ccc(S(=O)(=O)NC(C)(C)C)cc2)C(=O)N(Cc2ccc(-c3ccncc3)cc2)c2ccccc21. The van der Waals surface area contributed by atoms with Crippen molar-refractivity contribution in [3.8, 4) is 11.1 Å². The van der Waals surface area contributed by atoms with Gasteiger partial charge in [0, 0.05) is 29.1 Å². The standard InChI is InChI=1S/C40H46N4O7S/c1-26(2)34(42-37(47)51-39(6,7)8)35(45)50-40(30-17-19-31(20-18-30)52(48,49)43-38(3,4)5)32-11-9-10-12-33(32)44(36(40)46)25-27-13-15-28(16-14-27)29-21-23-41-24-22-29/h9-24,26,34,43H,25H2,1-8H3,(H,42,47)/t34-,40?/m0/s1. The number of hydrogen-bond donors (Lipinski definition) is 2. The van der Waals surface area contributed by atoms with Gasteiger partial charge in [-0.2, -0.15) is 0 Å². The molecule has 2 heterocycles. The summed E-state index contributed by atoms with van der Waals surface area (Å²) >= 11 is 0. The summed E-state index contributed by atoms with van der Waals surface area (Å²) in [5, 5.41) is 2.62. The second-order valence-corrected chi connectivity index (χ2v) is 16.9. The molecule has 11 nitrogen and oxygen atoms in total. The Morgan fingerprint density at radius 1 is 0.846 bits per heavy atom. The van der Waals surface area contributed by atoms with Gasteiger partial charge in [0.2, 0.25) is 15.6 Å². The van der Waals surface area contributed by atoms with E-state index in [2.05, 4.69) is 15.0 Å². The van der Waals surface area contributed by atoms with Gasteiger partial charge in [0.25, 0.3) is 5.91 Å². The highest BCUT2D eigenvalue weighted by Crippen LogP contribution is 2.48. The number of nitrogens with zero attached hydrogens (tertiary/aromatic N) is 2. The van der Waals surface area contributed by atoms with E-state index in [1.165, 1.54) is 24.3 Å². The zero-order valence-corrected chi connectivity index (χ0v) is 31.6. The van der Waals surface area contributed by atoms with E-state index in [0.29, 0.717) is 11.3 Å². The molecule has 0 radical (unpaired) electrons. The number of amides is 2. The third-order valence-electron chi connectivity index (χ3n) is 8.29. The molecule has 0 saturated carbocycles. The Morgan fingerprint density at radius 3 is 2.02 bits per heavy atom. The van der Waals surface area contributed by atoms with Crippen molar-refractivity contribution >= 4 is 33.7 Å². The van der Waals surface area contributed by atoms with Gasteiger partial charge in [0.15, 0.2) is 0 Å². The van der Waals surface area contributed by atoms with Crippen LogP contribution in [0.2, 0.25) is 0 Å². The summed E-state index contributed by atoms with van der Waals surface area (Å²) in [4.78, 5) is 47.7. The Bertz CT molecular complexity index is 2040. The molecule has 0 bridgehead atoms. The lowest BCUT2D eigenvalue weighted by Crippen LogP contribution is -2.51. The summed E-state index contributed by atoms with van der Waals surface area (Å²) < 4.78 is 40.8. The van der Waals surface area contributed by atoms with Crippen molar-refractivity contribution in [1.82, 2.24) is 15.0 Å². The number of carbonyl (C=O) groups is 3. The number of aromatic nitrogens is 1. The molecule has 5 rings (SSSR count). The minimum Gasteiger partial charge on any atom is -0.444 e. The van der Waals surface area contributed by atoms with Gasteiger partial charge < -0.3 is 19.7 Å². The normalized spacial score (nSPS) is 16.7. The highest BCUT2D eigenvalue weighted by atomic mass is 32.2. The monoisotopic (exact) mass is 726 g/mol. The summed E-state index contributed by atoms with van der Waals surface area (Å²) in [6, 6.07) is 23.2. The lowest BCUT2D eigenvalue weighted by atomic mass is 9.87. The van der Waals surface area contributed by atoms with Crippen LogP contribution in [0.5, 0.6) is 0 Å². The van der Waals surface area contributed by atoms with Crippen LogP contribution in [0, 0.1) is 5.92 Å². The summed E-state index contributed by atoms with van der Waals surface area (Å²) in [5.74, 6) is -1.86. The predicted octanol–water partition coefficient (Wildman–Crippen LogP) is 6.71. The van der Waals surface area contributed by atoms with Gasteiger partial charge in [0.05, 0.1) is 17.1 Å². The number of ether oxygens (including phenoxy) is 2. The highest BCUT2D eigenvalue weighted by Gasteiger charge is 2.56. The van der Waals surface area contributed by atoms with Gasteiger partial charge in [-0.15, -0.1) is 0 Å². The van der Waals surface area contributed by atoms with Crippen LogP contribution in [0.15, 0.2) is 102 Å². The Kier molecular flexibility index (Phi) is 10.7. The van der Waals surface area contributed by atoms with Crippen molar-refractivity contribution in [2.24, 2.45) is 5.92 Å². The van der Waals surface area contributed by atoms with E-state index in [4.69, 9.17) is 9.47 Å². The average molecular weight is 727 g/mol. The number of carbonyl (C=O) groups excluding carboxylic acids is 3. The van der Waals surface area contributed by atoms with Crippen LogP contribution in [-0.4, -0.2) is 48.6 Å². The molecular formula is C40H46N4O7S. The average Bonchev–Trinajstić information content (AvgIpc) is 3.29. The smallest absolute Gasteiger partial charge is 0.408 e. The maximum atomic E-state index is 15.0. The lowest BCUT2D eigenvalue weighted by molar-refractivity contribution is -0.166. The quantitative estimate of drug-likeness (QED) is 0.172. The van der Waals surface area contributed by atoms with Gasteiger partial charge in [-0.05, 0) is 94.5 Å². The number of para-hydroxylation sites is 1. The first kappa shape index (κ1) is 38.2. The van der Waals surface area contributed by atoms with Crippen molar-refractivity contribution in [2.75, 3.05) is 4.90 Å². The highest BCUT2D eigenvalue weighted by molar-refractivity contribution is 7.89. The fourth-order valence-electron chi connectivity index (χ4n) is 6.02. The molecule has 3 aromatic carbocycles. The third kappa shape index (κ3) is 8.35. The zero-order valence-electron chi connectivity index (χ0n) is 30.8. The summed E-state index contributed by atoms with van der Waals surface area (Å²) in [6.07, 6.45) is 2.63. The Hall–Kier alpha value is -5.07. The van der Waals surface area contributed by atoms with Crippen molar-refractivity contribution in [1.29, 1.82) is 0 Å². The van der Waals surface area contributed by atoms with E-state index in [1.54, 1.807) is 96.9 Å². The number of benzene rings is 3. The van der Waals surface area contributed by atoms with E-state index in [-0.39, 0.29) is 17.0 Å². The summed E-state index contributed by atoms with van der Waals surface area (Å²) in [6.45, 7) is 14.0. The number of nitrogens with one attached hydrogen (secondary N) is 2. The molecule has 12 heteroatoms. The van der Waals surface area contributed by atoms with Crippen molar-refractivity contribution in [3.63, 3.8) is 0 Å². The largest absolute Gasteiger partial charge is 0.444 e. The minimum atomic E-state index is -3.92. The third-order valence-corrected chi connectivity index (χ3v) is 10.1. The molecule has 2 amide bonds. The van der Waals surface area contributed by atoms with E-state index >= 15 is 0 Å². The topological polar surface area (TPSA) is 144 Å². The van der Waals surface area contributed by atoms with Crippen LogP contribution < -0.4 is 14.9 Å². The fourth-order valence-corrected chi connectivity index (χ4v) is 7.44. The first-order valence-corrected chi connectivity index (χ1v) is 18.6. The van der Waals surface area contributed by atoms with E-state index in [1.807, 2.05) is 36.4 Å². The molecule has 0 spiro atoms. The number of hydrogen-bond acceptors (Lipinski definition) is 8. The van der Waals surface area contributed by atoms with Crippen molar-refractivity contribution < 1.29 is 32.3 Å². The van der Waals surface area contributed by atoms with E-state index < -0.39 is 56.7 Å². The first-order chi connectivity index (χ1) is 24.3. The van der Waals surface area contributed by atoms with Crippen LogP contribution in [-0.2, 0) is 41.2 Å². The Balaban J connectivity index is 1.58. The lowest BCUT2D eigenvalue weighted by Gasteiger charge is -2.32. The molecule has 1 aliphatic heterocycles. The number of sulfonamides is 1. The molecule has 0 aliphatic carbocycles. The molecular weight excluding hydrogens is 681 g/mol. The summed E-state index contributed by atoms with van der Waals surface area (Å²) in [5.41, 5.74) is 0.376. The van der Waals surface area contributed by atoms with E-state index in [9.17, 15) is 22.8 Å². The second kappa shape index (κ2) is 14.5. The van der Waals surface area contributed by atoms with Crippen LogP contribution in [0.25, 0.3) is 11.1 Å². The zero-order chi connectivity index (χ0) is 38.1.